The van der Waals surface area contributed by atoms with Crippen molar-refractivity contribution in [3.05, 3.63) is 0 Å². The Labute approximate surface area is 112 Å². The van der Waals surface area contributed by atoms with Gasteiger partial charge in [0.25, 0.3) is 0 Å². The molecule has 0 aromatic heterocycles. The van der Waals surface area contributed by atoms with Gasteiger partial charge in [0.15, 0.2) is 0 Å². The lowest BCUT2D eigenvalue weighted by Gasteiger charge is -2.36. The molecule has 1 aliphatic carbocycles. The predicted molar refractivity (Wildman–Crippen MR) is 76.3 cm³/mol. The number of nitrogens with two attached hydrogens (primary N) is 1. The molecule has 0 spiro atoms. The van der Waals surface area contributed by atoms with Crippen LogP contribution in [-0.4, -0.2) is 29.9 Å². The Bertz CT molecular complexity index is 257. The first-order chi connectivity index (χ1) is 8.57. The van der Waals surface area contributed by atoms with Crippen molar-refractivity contribution < 1.29 is 4.79 Å². The topological polar surface area (TPSA) is 46.3 Å². The Morgan fingerprint density at radius 2 is 1.89 bits per heavy atom. The van der Waals surface area contributed by atoms with Gasteiger partial charge in [-0.25, -0.2) is 0 Å². The van der Waals surface area contributed by atoms with Gasteiger partial charge in [-0.15, -0.1) is 0 Å². The lowest BCUT2D eigenvalue weighted by atomic mass is 9.84. The molecule has 0 bridgehead atoms. The summed E-state index contributed by atoms with van der Waals surface area (Å²) in [6.45, 7) is 7.83. The molecule has 0 aromatic carbocycles. The van der Waals surface area contributed by atoms with Gasteiger partial charge in [0.1, 0.15) is 0 Å². The monoisotopic (exact) mass is 254 g/mol. The van der Waals surface area contributed by atoms with Crippen LogP contribution in [0.25, 0.3) is 0 Å². The molecule has 106 valence electrons. The third kappa shape index (κ3) is 3.47. The van der Waals surface area contributed by atoms with Crippen LogP contribution in [0.5, 0.6) is 0 Å². The number of nitrogens with zero attached hydrogens (tertiary/aromatic N) is 1. The molecule has 18 heavy (non-hydrogen) atoms. The molecule has 0 saturated heterocycles. The largest absolute Gasteiger partial charge is 0.340 e. The number of rotatable bonds is 7. The van der Waals surface area contributed by atoms with E-state index < -0.39 is 0 Å². The van der Waals surface area contributed by atoms with E-state index in [-0.39, 0.29) is 5.41 Å². The van der Waals surface area contributed by atoms with Gasteiger partial charge in [-0.3, -0.25) is 4.79 Å². The zero-order valence-corrected chi connectivity index (χ0v) is 12.4. The molecule has 1 rings (SSSR count). The van der Waals surface area contributed by atoms with Crippen molar-refractivity contribution in [3.63, 3.8) is 0 Å². The summed E-state index contributed by atoms with van der Waals surface area (Å²) in [6.07, 6.45) is 7.79. The molecule has 0 radical (unpaired) electrons. The highest BCUT2D eigenvalue weighted by atomic mass is 16.2. The Kier molecular flexibility index (Phi) is 6.13. The Morgan fingerprint density at radius 1 is 1.28 bits per heavy atom. The van der Waals surface area contributed by atoms with Crippen molar-refractivity contribution in [2.75, 3.05) is 13.1 Å². The van der Waals surface area contributed by atoms with Crippen LogP contribution < -0.4 is 5.73 Å². The Balaban J connectivity index is 2.68. The summed E-state index contributed by atoms with van der Waals surface area (Å²) >= 11 is 0. The van der Waals surface area contributed by atoms with Crippen molar-refractivity contribution >= 4 is 5.91 Å². The molecular formula is C15H30N2O. The highest BCUT2D eigenvalue weighted by Crippen LogP contribution is 2.39. The van der Waals surface area contributed by atoms with Crippen LogP contribution in [-0.2, 0) is 4.79 Å². The van der Waals surface area contributed by atoms with Gasteiger partial charge in [-0.2, -0.15) is 0 Å². The number of carbonyl (C=O) groups excluding carboxylic acids is 1. The minimum atomic E-state index is -0.240. The second-order valence-electron chi connectivity index (χ2n) is 5.99. The van der Waals surface area contributed by atoms with E-state index in [9.17, 15) is 4.79 Å². The molecule has 3 nitrogen and oxygen atoms in total. The van der Waals surface area contributed by atoms with Crippen LogP contribution in [0, 0.1) is 5.41 Å². The molecule has 0 atom stereocenters. The maximum Gasteiger partial charge on any atom is 0.230 e. The summed E-state index contributed by atoms with van der Waals surface area (Å²) in [5.41, 5.74) is 5.68. The molecule has 2 N–H and O–H groups in total. The van der Waals surface area contributed by atoms with Crippen molar-refractivity contribution in [3.8, 4) is 0 Å². The highest BCUT2D eigenvalue weighted by molar-refractivity contribution is 5.83. The van der Waals surface area contributed by atoms with Crippen LogP contribution in [0.4, 0.5) is 0 Å². The van der Waals surface area contributed by atoms with Crippen LogP contribution in [0.2, 0.25) is 0 Å². The van der Waals surface area contributed by atoms with Crippen molar-refractivity contribution in [2.45, 2.75) is 71.8 Å². The minimum absolute atomic E-state index is 0.240. The van der Waals surface area contributed by atoms with E-state index in [0.29, 0.717) is 18.5 Å². The van der Waals surface area contributed by atoms with Gasteiger partial charge in [-0.1, -0.05) is 32.6 Å². The zero-order chi connectivity index (χ0) is 13.6. The van der Waals surface area contributed by atoms with E-state index in [1.807, 2.05) is 0 Å². The predicted octanol–water partition coefficient (Wildman–Crippen LogP) is 2.93. The zero-order valence-electron chi connectivity index (χ0n) is 12.4. The summed E-state index contributed by atoms with van der Waals surface area (Å²) in [4.78, 5) is 14.8. The molecule has 0 aliphatic heterocycles. The number of amides is 1. The lowest BCUT2D eigenvalue weighted by Crippen LogP contribution is -2.49. The molecule has 0 aromatic rings. The number of carbonyl (C=O) groups is 1. The highest BCUT2D eigenvalue weighted by Gasteiger charge is 2.42. The fraction of sp³-hybridized carbons (Fsp3) is 0.933. The standard InChI is InChI=1S/C15H30N2O/c1-4-5-8-11-17(13(2)3)14(18)15(12-16)9-6-7-10-15/h13H,4-12,16H2,1-3H3. The van der Waals surface area contributed by atoms with E-state index in [0.717, 1.165) is 38.6 Å². The van der Waals surface area contributed by atoms with Gasteiger partial charge in [0.05, 0.1) is 5.41 Å². The van der Waals surface area contributed by atoms with Gasteiger partial charge in [0, 0.05) is 19.1 Å². The SMILES string of the molecule is CCCCCN(C(=O)C1(CN)CCCC1)C(C)C. The fourth-order valence-corrected chi connectivity index (χ4v) is 2.99. The quantitative estimate of drug-likeness (QED) is 0.710. The summed E-state index contributed by atoms with van der Waals surface area (Å²) < 4.78 is 0. The van der Waals surface area contributed by atoms with Crippen LogP contribution in [0.3, 0.4) is 0 Å². The summed E-state index contributed by atoms with van der Waals surface area (Å²) in [5.74, 6) is 0.314. The first-order valence-electron chi connectivity index (χ1n) is 7.58. The maximum atomic E-state index is 12.8. The molecule has 0 unspecified atom stereocenters. The van der Waals surface area contributed by atoms with E-state index in [1.165, 1.54) is 12.8 Å². The van der Waals surface area contributed by atoms with E-state index >= 15 is 0 Å². The lowest BCUT2D eigenvalue weighted by molar-refractivity contribution is -0.143. The van der Waals surface area contributed by atoms with E-state index in [4.69, 9.17) is 5.73 Å². The van der Waals surface area contributed by atoms with Crippen LogP contribution in [0.15, 0.2) is 0 Å². The van der Waals surface area contributed by atoms with Gasteiger partial charge in [0.2, 0.25) is 5.91 Å². The first kappa shape index (κ1) is 15.5. The van der Waals surface area contributed by atoms with Gasteiger partial charge in [-0.05, 0) is 33.1 Å². The number of hydrogen-bond acceptors (Lipinski definition) is 2. The Hall–Kier alpha value is -0.570. The van der Waals surface area contributed by atoms with E-state index in [2.05, 4.69) is 25.7 Å². The number of hydrogen-bond donors (Lipinski definition) is 1. The van der Waals surface area contributed by atoms with Crippen LogP contribution >= 0.6 is 0 Å². The molecular weight excluding hydrogens is 224 g/mol. The fourth-order valence-electron chi connectivity index (χ4n) is 2.99. The van der Waals surface area contributed by atoms with E-state index in [1.54, 1.807) is 0 Å². The molecule has 1 aliphatic rings. The van der Waals surface area contributed by atoms with Crippen LogP contribution in [0.1, 0.15) is 65.7 Å². The molecule has 3 heteroatoms. The summed E-state index contributed by atoms with van der Waals surface area (Å²) in [5, 5.41) is 0. The summed E-state index contributed by atoms with van der Waals surface area (Å²) in [7, 11) is 0. The molecule has 1 amide bonds. The maximum absolute atomic E-state index is 12.8. The first-order valence-corrected chi connectivity index (χ1v) is 7.58. The van der Waals surface area contributed by atoms with Gasteiger partial charge < -0.3 is 10.6 Å². The third-order valence-electron chi connectivity index (χ3n) is 4.29. The molecule has 1 saturated carbocycles. The molecule has 0 heterocycles. The molecule has 1 fully saturated rings. The summed E-state index contributed by atoms with van der Waals surface area (Å²) in [6, 6.07) is 0.290. The van der Waals surface area contributed by atoms with Crippen molar-refractivity contribution in [1.29, 1.82) is 0 Å². The minimum Gasteiger partial charge on any atom is -0.340 e. The van der Waals surface area contributed by atoms with Gasteiger partial charge >= 0.3 is 0 Å². The Morgan fingerprint density at radius 3 is 2.33 bits per heavy atom. The number of unbranched alkanes of at least 4 members (excludes halogenated alkanes) is 2. The normalized spacial score (nSPS) is 18.3. The second-order valence-corrected chi connectivity index (χ2v) is 5.99. The van der Waals surface area contributed by atoms with Crippen molar-refractivity contribution in [2.24, 2.45) is 11.1 Å². The average molecular weight is 254 g/mol. The third-order valence-corrected chi connectivity index (χ3v) is 4.29. The smallest absolute Gasteiger partial charge is 0.230 e. The van der Waals surface area contributed by atoms with Crippen molar-refractivity contribution in [1.82, 2.24) is 4.90 Å². The second kappa shape index (κ2) is 7.13. The average Bonchev–Trinajstić information content (AvgIpc) is 2.83.